The number of nitrogens with two attached hydrogens (primary N) is 1. The quantitative estimate of drug-likeness (QED) is 0.141. The zero-order valence-electron chi connectivity index (χ0n) is 21.4. The molecular weight excluding hydrogens is 512 g/mol. The summed E-state index contributed by atoms with van der Waals surface area (Å²) in [4.78, 5) is 50.4. The third-order valence-corrected chi connectivity index (χ3v) is 5.89. The summed E-state index contributed by atoms with van der Waals surface area (Å²) in [6.07, 6.45) is -2.92. The maximum Gasteiger partial charge on any atom is 0.326 e. The summed E-state index contributed by atoms with van der Waals surface area (Å²) in [6.45, 7) is 2.52. The van der Waals surface area contributed by atoms with Crippen LogP contribution in [0.3, 0.4) is 0 Å². The molecule has 0 saturated heterocycles. The second-order valence-electron chi connectivity index (χ2n) is 9.19. The molecule has 0 saturated carbocycles. The zero-order valence-corrected chi connectivity index (χ0v) is 21.4. The third kappa shape index (κ3) is 9.56. The number of nitrogens with one attached hydrogen (secondary N) is 3. The minimum absolute atomic E-state index is 0.0186. The molecule has 0 aliphatic carbocycles. The maximum absolute atomic E-state index is 13.2. The smallest absolute Gasteiger partial charge is 0.326 e. The number of phenols is 2. The second kappa shape index (κ2) is 14.1. The Kier molecular flexibility index (Phi) is 11.2. The lowest BCUT2D eigenvalue weighted by atomic mass is 10.0. The van der Waals surface area contributed by atoms with Crippen molar-refractivity contribution >= 4 is 23.7 Å². The highest BCUT2D eigenvalue weighted by molar-refractivity contribution is 5.94. The van der Waals surface area contributed by atoms with E-state index in [1.54, 1.807) is 0 Å². The number of phenolic OH excluding ortho intramolecular Hbond substituents is 2. The van der Waals surface area contributed by atoms with Gasteiger partial charge in [0, 0.05) is 12.8 Å². The van der Waals surface area contributed by atoms with E-state index in [0.29, 0.717) is 11.1 Å². The Labute approximate surface area is 224 Å². The lowest BCUT2D eigenvalue weighted by Crippen LogP contribution is -2.61. The van der Waals surface area contributed by atoms with Crippen LogP contribution in [0.5, 0.6) is 11.5 Å². The lowest BCUT2D eigenvalue weighted by molar-refractivity contribution is -0.143. The van der Waals surface area contributed by atoms with Gasteiger partial charge in [0.15, 0.2) is 0 Å². The average Bonchev–Trinajstić information content (AvgIpc) is 2.87. The molecule has 2 rings (SSSR count). The number of carboxylic acid groups (broad SMARTS) is 1. The molecule has 10 N–H and O–H groups in total. The van der Waals surface area contributed by atoms with Gasteiger partial charge in [0.1, 0.15) is 35.7 Å². The summed E-state index contributed by atoms with van der Waals surface area (Å²) < 4.78 is 0. The zero-order chi connectivity index (χ0) is 29.3. The van der Waals surface area contributed by atoms with E-state index in [-0.39, 0.29) is 24.3 Å². The van der Waals surface area contributed by atoms with Crippen LogP contribution in [0.1, 0.15) is 25.0 Å². The van der Waals surface area contributed by atoms with E-state index in [1.165, 1.54) is 62.4 Å². The van der Waals surface area contributed by atoms with Crippen molar-refractivity contribution in [3.05, 3.63) is 59.7 Å². The molecule has 6 atom stereocenters. The fourth-order valence-electron chi connectivity index (χ4n) is 3.55. The van der Waals surface area contributed by atoms with Crippen molar-refractivity contribution in [1.82, 2.24) is 16.0 Å². The minimum atomic E-state index is -1.59. The monoisotopic (exact) mass is 546 g/mol. The second-order valence-corrected chi connectivity index (χ2v) is 9.19. The van der Waals surface area contributed by atoms with Crippen molar-refractivity contribution in [2.24, 2.45) is 5.73 Å². The number of aliphatic carboxylic acids is 1. The Morgan fingerprint density at radius 3 is 1.54 bits per heavy atom. The molecule has 0 aliphatic rings. The molecule has 3 amide bonds. The van der Waals surface area contributed by atoms with Crippen LogP contribution in [0, 0.1) is 0 Å². The Hall–Kier alpha value is -4.20. The molecule has 212 valence electrons. The normalized spacial score (nSPS) is 15.6. The first kappa shape index (κ1) is 31.0. The first-order valence-corrected chi connectivity index (χ1v) is 12.1. The van der Waals surface area contributed by atoms with Crippen molar-refractivity contribution in [3.63, 3.8) is 0 Å². The van der Waals surface area contributed by atoms with Crippen molar-refractivity contribution in [2.75, 3.05) is 0 Å². The van der Waals surface area contributed by atoms with E-state index in [1.807, 2.05) is 0 Å². The molecular formula is C26H34N4O9. The number of hydrogen-bond acceptors (Lipinski definition) is 9. The van der Waals surface area contributed by atoms with Gasteiger partial charge in [-0.2, -0.15) is 0 Å². The van der Waals surface area contributed by atoms with Crippen LogP contribution in [-0.2, 0) is 32.0 Å². The van der Waals surface area contributed by atoms with Gasteiger partial charge >= 0.3 is 5.97 Å². The van der Waals surface area contributed by atoms with Crippen molar-refractivity contribution < 1.29 is 44.7 Å². The number of carbonyl (C=O) groups excluding carboxylic acids is 3. The molecule has 0 spiro atoms. The number of benzene rings is 2. The fourth-order valence-corrected chi connectivity index (χ4v) is 3.55. The predicted molar refractivity (Wildman–Crippen MR) is 138 cm³/mol. The Morgan fingerprint density at radius 2 is 1.13 bits per heavy atom. The summed E-state index contributed by atoms with van der Waals surface area (Å²) in [7, 11) is 0. The van der Waals surface area contributed by atoms with Crippen LogP contribution in [0.25, 0.3) is 0 Å². The molecule has 0 radical (unpaired) electrons. The molecule has 0 bridgehead atoms. The van der Waals surface area contributed by atoms with Crippen LogP contribution in [0.15, 0.2) is 48.5 Å². The number of hydrogen-bond donors (Lipinski definition) is 9. The average molecular weight is 547 g/mol. The SMILES string of the molecule is CC(O)C(N)C(=O)NC(Cc1ccc(O)cc1)C(=O)NC(C(=O)NC(Cc1ccc(O)cc1)C(=O)O)C(C)O. The molecule has 2 aromatic rings. The molecule has 13 heteroatoms. The van der Waals surface area contributed by atoms with Crippen LogP contribution in [0.4, 0.5) is 0 Å². The van der Waals surface area contributed by atoms with Crippen LogP contribution >= 0.6 is 0 Å². The van der Waals surface area contributed by atoms with Gasteiger partial charge in [0.25, 0.3) is 0 Å². The Bertz CT molecular complexity index is 1140. The van der Waals surface area contributed by atoms with Crippen LogP contribution < -0.4 is 21.7 Å². The molecule has 2 aromatic carbocycles. The molecule has 13 nitrogen and oxygen atoms in total. The van der Waals surface area contributed by atoms with Crippen molar-refractivity contribution in [2.45, 2.75) is 63.1 Å². The predicted octanol–water partition coefficient (Wildman–Crippen LogP) is -1.49. The van der Waals surface area contributed by atoms with E-state index < -0.39 is 60.1 Å². The molecule has 0 aliphatic heterocycles. The number of amides is 3. The van der Waals surface area contributed by atoms with Gasteiger partial charge in [-0.25, -0.2) is 4.79 Å². The number of aromatic hydroxyl groups is 2. The van der Waals surface area contributed by atoms with Gasteiger partial charge < -0.3 is 47.2 Å². The van der Waals surface area contributed by atoms with Crippen molar-refractivity contribution in [3.8, 4) is 11.5 Å². The number of aliphatic hydroxyl groups is 2. The van der Waals surface area contributed by atoms with Gasteiger partial charge in [0.05, 0.1) is 12.2 Å². The fraction of sp³-hybridized carbons (Fsp3) is 0.385. The highest BCUT2D eigenvalue weighted by Gasteiger charge is 2.33. The first-order chi connectivity index (χ1) is 18.3. The van der Waals surface area contributed by atoms with Gasteiger partial charge in [-0.3, -0.25) is 14.4 Å². The molecule has 39 heavy (non-hydrogen) atoms. The molecule has 0 fully saturated rings. The number of aliphatic hydroxyl groups excluding tert-OH is 2. The van der Waals surface area contributed by atoms with Crippen LogP contribution in [0.2, 0.25) is 0 Å². The summed E-state index contributed by atoms with van der Waals surface area (Å²) in [5.41, 5.74) is 6.70. The number of carbonyl (C=O) groups is 4. The van der Waals surface area contributed by atoms with E-state index in [0.717, 1.165) is 0 Å². The van der Waals surface area contributed by atoms with Gasteiger partial charge in [-0.15, -0.1) is 0 Å². The van der Waals surface area contributed by atoms with Gasteiger partial charge in [-0.05, 0) is 49.2 Å². The lowest BCUT2D eigenvalue weighted by Gasteiger charge is -2.27. The van der Waals surface area contributed by atoms with Crippen LogP contribution in [-0.4, -0.2) is 85.6 Å². The summed E-state index contributed by atoms with van der Waals surface area (Å²) >= 11 is 0. The Morgan fingerprint density at radius 1 is 0.692 bits per heavy atom. The first-order valence-electron chi connectivity index (χ1n) is 12.1. The highest BCUT2D eigenvalue weighted by atomic mass is 16.4. The number of rotatable bonds is 13. The van der Waals surface area contributed by atoms with Crippen molar-refractivity contribution in [1.29, 1.82) is 0 Å². The molecule has 0 aromatic heterocycles. The standard InChI is InChI=1S/C26H34N4O9/c1-13(31)21(27)24(36)28-19(11-15-3-7-17(33)8-4-15)23(35)30-22(14(2)32)25(37)29-20(26(38)39)12-16-5-9-18(34)10-6-16/h3-10,13-14,19-22,31-34H,11-12,27H2,1-2H3,(H,28,36)(H,29,37)(H,30,35)(H,38,39). The summed E-state index contributed by atoms with van der Waals surface area (Å²) in [6, 6.07) is 5.79. The van der Waals surface area contributed by atoms with E-state index in [4.69, 9.17) is 5.73 Å². The topological polar surface area (TPSA) is 232 Å². The van der Waals surface area contributed by atoms with E-state index >= 15 is 0 Å². The van der Waals surface area contributed by atoms with Gasteiger partial charge in [0.2, 0.25) is 17.7 Å². The Balaban J connectivity index is 2.21. The third-order valence-electron chi connectivity index (χ3n) is 5.89. The van der Waals surface area contributed by atoms with E-state index in [2.05, 4.69) is 16.0 Å². The van der Waals surface area contributed by atoms with Gasteiger partial charge in [-0.1, -0.05) is 24.3 Å². The molecule has 0 heterocycles. The minimum Gasteiger partial charge on any atom is -0.508 e. The summed E-state index contributed by atoms with van der Waals surface area (Å²) in [5.74, 6) is -4.12. The highest BCUT2D eigenvalue weighted by Crippen LogP contribution is 2.13. The maximum atomic E-state index is 13.2. The number of carboxylic acids is 1. The molecule has 6 unspecified atom stereocenters. The van der Waals surface area contributed by atoms with E-state index in [9.17, 15) is 44.7 Å². The summed E-state index contributed by atoms with van der Waals surface area (Å²) in [5, 5.41) is 55.4. The largest absolute Gasteiger partial charge is 0.508 e.